The van der Waals surface area contributed by atoms with Gasteiger partial charge in [0.1, 0.15) is 11.9 Å². The Morgan fingerprint density at radius 1 is 1.21 bits per heavy atom. The Morgan fingerprint density at radius 3 is 2.75 bits per heavy atom. The van der Waals surface area contributed by atoms with Gasteiger partial charge in [0, 0.05) is 19.3 Å². The molecule has 2 aliphatic heterocycles. The number of hydrogen-bond donors (Lipinski definition) is 0. The van der Waals surface area contributed by atoms with Crippen molar-refractivity contribution in [3.05, 3.63) is 47.4 Å². The number of anilines is 1. The lowest BCUT2D eigenvalue weighted by Crippen LogP contribution is -2.39. The molecule has 2 aliphatic rings. The van der Waals surface area contributed by atoms with Gasteiger partial charge in [-0.3, -0.25) is 9.88 Å². The van der Waals surface area contributed by atoms with Gasteiger partial charge in [0.2, 0.25) is 0 Å². The Bertz CT molecular complexity index is 855. The average molecular weight is 382 g/mol. The Balaban J connectivity index is 1.37. The molecule has 2 fully saturated rings. The van der Waals surface area contributed by atoms with Crippen LogP contribution in [0.3, 0.4) is 0 Å². The number of rotatable bonds is 6. The van der Waals surface area contributed by atoms with Gasteiger partial charge < -0.3 is 14.4 Å². The number of hydrogen-bond acceptors (Lipinski definition) is 6. The fourth-order valence-electron chi connectivity index (χ4n) is 4.00. The molecule has 7 nitrogen and oxygen atoms in total. The van der Waals surface area contributed by atoms with Crippen LogP contribution in [0, 0.1) is 13.8 Å². The maximum atomic E-state index is 12.3. The third-order valence-electron chi connectivity index (χ3n) is 5.50. The molecule has 1 aromatic carbocycles. The van der Waals surface area contributed by atoms with Gasteiger partial charge in [0.25, 0.3) is 0 Å². The van der Waals surface area contributed by atoms with Crippen molar-refractivity contribution in [1.82, 2.24) is 14.9 Å². The molecule has 3 heterocycles. The number of methoxy groups -OCH3 is 1. The summed E-state index contributed by atoms with van der Waals surface area (Å²) in [4.78, 5) is 25.4. The molecule has 0 unspecified atom stereocenters. The summed E-state index contributed by atoms with van der Waals surface area (Å²) in [5, 5.41) is 0. The van der Waals surface area contributed by atoms with E-state index in [0.717, 1.165) is 42.3 Å². The lowest BCUT2D eigenvalue weighted by molar-refractivity contribution is 0.135. The molecule has 1 aromatic heterocycles. The van der Waals surface area contributed by atoms with Crippen LogP contribution in [0.2, 0.25) is 0 Å². The smallest absolute Gasteiger partial charge is 0.410 e. The molecule has 2 saturated heterocycles. The first-order chi connectivity index (χ1) is 13.5. The van der Waals surface area contributed by atoms with E-state index in [1.54, 1.807) is 13.3 Å². The number of ether oxygens (including phenoxy) is 2. The first-order valence-corrected chi connectivity index (χ1v) is 9.70. The van der Waals surface area contributed by atoms with Gasteiger partial charge in [0.15, 0.2) is 5.82 Å². The van der Waals surface area contributed by atoms with Crippen LogP contribution in [0.25, 0.3) is 0 Å². The topological polar surface area (TPSA) is 67.8 Å². The molecular weight excluding hydrogens is 356 g/mol. The van der Waals surface area contributed by atoms with Gasteiger partial charge in [-0.2, -0.15) is 0 Å². The second kappa shape index (κ2) is 7.66. The van der Waals surface area contributed by atoms with Crippen molar-refractivity contribution in [3.8, 4) is 5.75 Å². The largest absolute Gasteiger partial charge is 0.497 e. The van der Waals surface area contributed by atoms with Crippen LogP contribution in [0.1, 0.15) is 23.4 Å². The lowest BCUT2D eigenvalue weighted by atomic mass is 10.1. The number of benzene rings is 1. The average Bonchev–Trinajstić information content (AvgIpc) is 3.22. The Kier molecular flexibility index (Phi) is 5.07. The summed E-state index contributed by atoms with van der Waals surface area (Å²) in [6, 6.07) is 8.15. The molecule has 0 aliphatic carbocycles. The third kappa shape index (κ3) is 3.61. The SMILES string of the molecule is COc1ccc(CCCN2C(=O)O[C@@H]3CN(c4nc(C)cnc4C)C[C@@H]32)cc1. The van der Waals surface area contributed by atoms with Crippen LogP contribution in [0.4, 0.5) is 10.6 Å². The van der Waals surface area contributed by atoms with Crippen LogP contribution in [0.15, 0.2) is 30.5 Å². The maximum absolute atomic E-state index is 12.3. The van der Waals surface area contributed by atoms with E-state index in [-0.39, 0.29) is 18.2 Å². The molecule has 0 bridgehead atoms. The second-order valence-electron chi connectivity index (χ2n) is 7.46. The van der Waals surface area contributed by atoms with E-state index in [2.05, 4.69) is 27.0 Å². The van der Waals surface area contributed by atoms with Crippen LogP contribution < -0.4 is 9.64 Å². The highest BCUT2D eigenvalue weighted by Gasteiger charge is 2.47. The van der Waals surface area contributed by atoms with E-state index >= 15 is 0 Å². The highest BCUT2D eigenvalue weighted by Crippen LogP contribution is 2.30. The van der Waals surface area contributed by atoms with Crippen molar-refractivity contribution < 1.29 is 14.3 Å². The maximum Gasteiger partial charge on any atom is 0.410 e. The molecule has 2 atom stereocenters. The Morgan fingerprint density at radius 2 is 2.00 bits per heavy atom. The fraction of sp³-hybridized carbons (Fsp3) is 0.476. The summed E-state index contributed by atoms with van der Waals surface area (Å²) in [6.07, 6.45) is 3.29. The van der Waals surface area contributed by atoms with Gasteiger partial charge in [-0.25, -0.2) is 9.78 Å². The molecule has 28 heavy (non-hydrogen) atoms. The number of amides is 1. The zero-order valence-corrected chi connectivity index (χ0v) is 16.6. The zero-order chi connectivity index (χ0) is 19.7. The van der Waals surface area contributed by atoms with Crippen molar-refractivity contribution in [2.75, 3.05) is 31.6 Å². The van der Waals surface area contributed by atoms with Crippen LogP contribution in [0.5, 0.6) is 5.75 Å². The van der Waals surface area contributed by atoms with Gasteiger partial charge in [-0.1, -0.05) is 12.1 Å². The molecule has 4 rings (SSSR count). The van der Waals surface area contributed by atoms with E-state index in [9.17, 15) is 4.79 Å². The van der Waals surface area contributed by atoms with Crippen LogP contribution in [-0.4, -0.2) is 59.9 Å². The van der Waals surface area contributed by atoms with E-state index in [0.29, 0.717) is 13.1 Å². The van der Waals surface area contributed by atoms with E-state index < -0.39 is 0 Å². The normalized spacial score (nSPS) is 21.0. The zero-order valence-electron chi connectivity index (χ0n) is 16.6. The summed E-state index contributed by atoms with van der Waals surface area (Å²) in [7, 11) is 1.67. The highest BCUT2D eigenvalue weighted by molar-refractivity contribution is 5.71. The summed E-state index contributed by atoms with van der Waals surface area (Å²) in [5.41, 5.74) is 3.04. The van der Waals surface area contributed by atoms with Crippen LogP contribution >= 0.6 is 0 Å². The molecule has 0 N–H and O–H groups in total. The second-order valence-corrected chi connectivity index (χ2v) is 7.46. The number of nitrogens with zero attached hydrogens (tertiary/aromatic N) is 4. The van der Waals surface area contributed by atoms with E-state index in [1.807, 2.05) is 30.9 Å². The van der Waals surface area contributed by atoms with Crippen LogP contribution in [-0.2, 0) is 11.2 Å². The molecule has 1 amide bonds. The number of aryl methyl sites for hydroxylation is 3. The molecule has 7 heteroatoms. The predicted molar refractivity (Wildman–Crippen MR) is 106 cm³/mol. The molecule has 2 aromatic rings. The minimum atomic E-state index is -0.198. The van der Waals surface area contributed by atoms with Gasteiger partial charge in [-0.05, 0) is 44.4 Å². The summed E-state index contributed by atoms with van der Waals surface area (Å²) < 4.78 is 10.8. The van der Waals surface area contributed by atoms with E-state index in [1.165, 1.54) is 5.56 Å². The monoisotopic (exact) mass is 382 g/mol. The minimum Gasteiger partial charge on any atom is -0.497 e. The highest BCUT2D eigenvalue weighted by atomic mass is 16.6. The van der Waals surface area contributed by atoms with Crippen molar-refractivity contribution in [1.29, 1.82) is 0 Å². The minimum absolute atomic E-state index is 0.0741. The quantitative estimate of drug-likeness (QED) is 0.765. The molecular formula is C21H26N4O3. The van der Waals surface area contributed by atoms with Gasteiger partial charge in [-0.15, -0.1) is 0 Å². The summed E-state index contributed by atoms with van der Waals surface area (Å²) >= 11 is 0. The molecule has 148 valence electrons. The standard InChI is InChI=1S/C21H26N4O3/c1-14-11-22-15(2)20(23-14)24-12-18-19(13-24)28-21(26)25(18)10-4-5-16-6-8-17(27-3)9-7-16/h6-9,11,18-19H,4-5,10,12-13H2,1-3H3/t18-,19+/m0/s1. The van der Waals surface area contributed by atoms with Crippen molar-refractivity contribution in [2.24, 2.45) is 0 Å². The van der Waals surface area contributed by atoms with Crippen molar-refractivity contribution in [2.45, 2.75) is 38.8 Å². The first-order valence-electron chi connectivity index (χ1n) is 9.70. The summed E-state index contributed by atoms with van der Waals surface area (Å²) in [5.74, 6) is 1.75. The number of fused-ring (bicyclic) bond motifs is 1. The van der Waals surface area contributed by atoms with Crippen molar-refractivity contribution in [3.63, 3.8) is 0 Å². The molecule has 0 radical (unpaired) electrons. The first kappa shape index (κ1) is 18.5. The molecule has 0 spiro atoms. The number of aromatic nitrogens is 2. The Hall–Kier alpha value is -2.83. The fourth-order valence-corrected chi connectivity index (χ4v) is 4.00. The summed E-state index contributed by atoms with van der Waals surface area (Å²) in [6.45, 7) is 6.01. The number of carbonyl (C=O) groups is 1. The van der Waals surface area contributed by atoms with Gasteiger partial charge >= 0.3 is 6.09 Å². The number of carbonyl (C=O) groups excluding carboxylic acids is 1. The molecule has 0 saturated carbocycles. The van der Waals surface area contributed by atoms with E-state index in [4.69, 9.17) is 9.47 Å². The third-order valence-corrected chi connectivity index (χ3v) is 5.50. The lowest BCUT2D eigenvalue weighted by Gasteiger charge is -2.23. The van der Waals surface area contributed by atoms with Crippen molar-refractivity contribution >= 4 is 11.9 Å². The Labute approximate surface area is 165 Å². The predicted octanol–water partition coefficient (Wildman–Crippen LogP) is 2.74. The van der Waals surface area contributed by atoms with Gasteiger partial charge in [0.05, 0.1) is 31.1 Å².